The molecule has 29 valence electrons. The van der Waals surface area contributed by atoms with Gasteiger partial charge in [0.1, 0.15) is 0 Å². The average Bonchev–Trinajstić information content (AvgIpc) is 0. The fourth-order valence-electron chi connectivity index (χ4n) is 0. The Labute approximate surface area is 60.8 Å². The van der Waals surface area contributed by atoms with E-state index in [9.17, 15) is 0 Å². The van der Waals surface area contributed by atoms with Crippen molar-refractivity contribution in [3.63, 3.8) is 0 Å². The zero-order valence-electron chi connectivity index (χ0n) is 1.36. The van der Waals surface area contributed by atoms with Gasteiger partial charge in [-0.25, -0.2) is 0 Å². The molecule has 0 aliphatic carbocycles. The van der Waals surface area contributed by atoms with Crippen molar-refractivity contribution in [3.8, 4) is 0 Å². The van der Waals surface area contributed by atoms with Crippen LogP contribution >= 0.6 is 0 Å². The van der Waals surface area contributed by atoms with Crippen LogP contribution in [0.4, 0.5) is 0 Å². The van der Waals surface area contributed by atoms with Crippen LogP contribution in [0.3, 0.4) is 0 Å². The quantitative estimate of drug-likeness (QED) is 0.504. The molecule has 0 atom stereocenters. The second-order valence-corrected chi connectivity index (χ2v) is 0. The minimum Gasteiger partial charge on any atom is -0.0776 e. The monoisotopic (exact) mass is 199 g/mol. The van der Waals surface area contributed by atoms with E-state index in [0.29, 0.717) is 0 Å². The van der Waals surface area contributed by atoms with Gasteiger partial charge in [-0.2, -0.15) is 0 Å². The Kier molecular flexibility index (Phi) is 252. The Morgan fingerprint density at radius 1 is 1.00 bits per heavy atom. The van der Waals surface area contributed by atoms with E-state index in [-0.39, 0.29) is 61.0 Å². The van der Waals surface area contributed by atoms with Gasteiger partial charge >= 0.3 is 0 Å². The van der Waals surface area contributed by atoms with Crippen molar-refractivity contribution in [2.75, 3.05) is 0 Å². The molecule has 0 saturated heterocycles. The summed E-state index contributed by atoms with van der Waals surface area (Å²) < 4.78 is 0. The van der Waals surface area contributed by atoms with Crippen LogP contribution in [0.1, 0.15) is 7.43 Å². The summed E-state index contributed by atoms with van der Waals surface area (Å²) in [5.74, 6) is 0. The molecule has 0 aromatic rings. The van der Waals surface area contributed by atoms with E-state index in [2.05, 4.69) is 0 Å². The summed E-state index contributed by atoms with van der Waals surface area (Å²) in [5, 5.41) is 0. The SMILES string of the molecule is C.[Cu].[Fe].[Zn]. The molecule has 0 unspecified atom stereocenters. The number of hydrogen-bond donors (Lipinski definition) is 0. The zero-order valence-corrected chi connectivity index (χ0v) is 6.38. The Morgan fingerprint density at radius 3 is 1.00 bits per heavy atom. The van der Waals surface area contributed by atoms with Gasteiger partial charge in [-0.3, -0.25) is 0 Å². The molecule has 0 rings (SSSR count). The van der Waals surface area contributed by atoms with Crippen LogP contribution in [0.5, 0.6) is 0 Å². The van der Waals surface area contributed by atoms with Gasteiger partial charge in [-0.1, -0.05) is 7.43 Å². The normalized spacial score (nSPS) is 0. The van der Waals surface area contributed by atoms with Gasteiger partial charge in [-0.05, 0) is 0 Å². The second kappa shape index (κ2) is 22.6. The van der Waals surface area contributed by atoms with E-state index in [1.807, 2.05) is 0 Å². The number of rotatable bonds is 0. The summed E-state index contributed by atoms with van der Waals surface area (Å²) in [6.45, 7) is 0. The molecular formula is CH4CuFeZn. The van der Waals surface area contributed by atoms with E-state index < -0.39 is 0 Å². The van der Waals surface area contributed by atoms with Crippen molar-refractivity contribution in [1.29, 1.82) is 0 Å². The predicted octanol–water partition coefficient (Wildman–Crippen LogP) is 0.629. The first kappa shape index (κ1) is 44.5. The fourth-order valence-corrected chi connectivity index (χ4v) is 0. The van der Waals surface area contributed by atoms with Crippen LogP contribution in [0.15, 0.2) is 0 Å². The molecule has 0 fully saturated rings. The Morgan fingerprint density at radius 2 is 1.00 bits per heavy atom. The molecular weight excluding hydrogens is 197 g/mol. The summed E-state index contributed by atoms with van der Waals surface area (Å²) in [4.78, 5) is 0. The predicted molar refractivity (Wildman–Crippen MR) is 6.73 cm³/mol. The second-order valence-electron chi connectivity index (χ2n) is 0. The van der Waals surface area contributed by atoms with Gasteiger partial charge in [0.2, 0.25) is 0 Å². The van der Waals surface area contributed by atoms with Crippen LogP contribution in [0.25, 0.3) is 0 Å². The van der Waals surface area contributed by atoms with Gasteiger partial charge in [0.15, 0.2) is 0 Å². The summed E-state index contributed by atoms with van der Waals surface area (Å²) in [6, 6.07) is 0. The molecule has 1 radical (unpaired) electrons. The van der Waals surface area contributed by atoms with Crippen molar-refractivity contribution in [2.45, 2.75) is 7.43 Å². The van der Waals surface area contributed by atoms with Crippen molar-refractivity contribution < 1.29 is 53.6 Å². The van der Waals surface area contributed by atoms with Crippen LogP contribution < -0.4 is 0 Å². The minimum atomic E-state index is 0. The standard InChI is InChI=1S/CH4.Cu.Fe.Zn/h1H4;;;. The van der Waals surface area contributed by atoms with Gasteiger partial charge in [0.05, 0.1) is 0 Å². The molecule has 0 saturated carbocycles. The third-order valence-electron chi connectivity index (χ3n) is 0. The molecule has 0 aromatic carbocycles. The first-order valence-corrected chi connectivity index (χ1v) is 0. The maximum atomic E-state index is 0. The molecule has 0 N–H and O–H groups in total. The minimum absolute atomic E-state index is 0. The van der Waals surface area contributed by atoms with Gasteiger partial charge < -0.3 is 0 Å². The summed E-state index contributed by atoms with van der Waals surface area (Å²) in [6.07, 6.45) is 0. The Balaban J connectivity index is 0. The molecule has 0 aliphatic rings. The third kappa shape index (κ3) is 9.39. The van der Waals surface area contributed by atoms with Crippen LogP contribution in [0, 0.1) is 0 Å². The first-order valence-electron chi connectivity index (χ1n) is 0. The van der Waals surface area contributed by atoms with Crippen molar-refractivity contribution in [2.24, 2.45) is 0 Å². The summed E-state index contributed by atoms with van der Waals surface area (Å²) in [5.41, 5.74) is 0. The summed E-state index contributed by atoms with van der Waals surface area (Å²) >= 11 is 0. The van der Waals surface area contributed by atoms with Gasteiger partial charge in [0.25, 0.3) is 0 Å². The molecule has 0 spiro atoms. The van der Waals surface area contributed by atoms with Crippen molar-refractivity contribution in [1.82, 2.24) is 0 Å². The van der Waals surface area contributed by atoms with Crippen LogP contribution in [-0.2, 0) is 53.6 Å². The molecule has 0 aromatic heterocycles. The smallest absolute Gasteiger partial charge is 0 e. The molecule has 4 heavy (non-hydrogen) atoms. The number of hydrogen-bond acceptors (Lipinski definition) is 0. The Hall–Kier alpha value is 1.66. The van der Waals surface area contributed by atoms with Crippen molar-refractivity contribution >= 4 is 0 Å². The van der Waals surface area contributed by atoms with Gasteiger partial charge in [0, 0.05) is 53.6 Å². The molecule has 0 heterocycles. The molecule has 0 amide bonds. The van der Waals surface area contributed by atoms with E-state index in [4.69, 9.17) is 0 Å². The Bertz CT molecular complexity index is 8.00. The summed E-state index contributed by atoms with van der Waals surface area (Å²) in [7, 11) is 0. The largest absolute Gasteiger partial charge is 0.0776 e. The van der Waals surface area contributed by atoms with E-state index >= 15 is 0 Å². The maximum absolute atomic E-state index is 0. The van der Waals surface area contributed by atoms with Crippen LogP contribution in [0.2, 0.25) is 0 Å². The van der Waals surface area contributed by atoms with E-state index in [0.717, 1.165) is 0 Å². The average molecular weight is 201 g/mol. The maximum Gasteiger partial charge on any atom is 0 e. The molecule has 0 aliphatic heterocycles. The topological polar surface area (TPSA) is 0 Å². The zero-order chi connectivity index (χ0) is 0. The van der Waals surface area contributed by atoms with E-state index in [1.54, 1.807) is 0 Å². The third-order valence-corrected chi connectivity index (χ3v) is 0. The fraction of sp³-hybridized carbons (Fsp3) is 1.00. The van der Waals surface area contributed by atoms with Crippen molar-refractivity contribution in [3.05, 3.63) is 0 Å². The van der Waals surface area contributed by atoms with E-state index in [1.165, 1.54) is 0 Å². The molecule has 0 bridgehead atoms. The first-order chi connectivity index (χ1) is 0. The van der Waals surface area contributed by atoms with Gasteiger partial charge in [-0.15, -0.1) is 0 Å². The molecule has 3 heteroatoms. The van der Waals surface area contributed by atoms with Crippen LogP contribution in [-0.4, -0.2) is 0 Å². The molecule has 0 nitrogen and oxygen atoms in total.